The molecule has 0 unspecified atom stereocenters. The van der Waals surface area contributed by atoms with Crippen LogP contribution in [0.25, 0.3) is 10.9 Å². The van der Waals surface area contributed by atoms with Gasteiger partial charge in [-0.25, -0.2) is 9.78 Å². The van der Waals surface area contributed by atoms with Gasteiger partial charge in [-0.05, 0) is 35.9 Å². The number of benzene rings is 2. The Balaban J connectivity index is 2.05. The summed E-state index contributed by atoms with van der Waals surface area (Å²) in [6.45, 7) is 3.26. The second kappa shape index (κ2) is 9.16. The van der Waals surface area contributed by atoms with Crippen molar-refractivity contribution >= 4 is 62.2 Å². The lowest BCUT2D eigenvalue weighted by atomic mass is 10.2. The van der Waals surface area contributed by atoms with Crippen molar-refractivity contribution in [2.75, 3.05) is 6.61 Å². The minimum absolute atomic E-state index is 0.0538. The third-order valence-electron chi connectivity index (χ3n) is 4.03. The quantitative estimate of drug-likeness (QED) is 0.472. The number of nitrogens with zero attached hydrogens (tertiary/aromatic N) is 3. The average Bonchev–Trinajstić information content (AvgIpc) is 2.66. The number of carbonyl (C=O) groups is 1. The fourth-order valence-corrected chi connectivity index (χ4v) is 3.68. The number of rotatable bonds is 6. The number of aliphatic carboxylic acids is 1. The Bertz CT molecular complexity index is 1200. The molecule has 0 aliphatic carbocycles. The molecule has 0 saturated carbocycles. The Morgan fingerprint density at radius 2 is 1.97 bits per heavy atom. The van der Waals surface area contributed by atoms with Crippen molar-refractivity contribution in [1.82, 2.24) is 9.66 Å². The maximum Gasteiger partial charge on any atom is 0.341 e. The smallest absolute Gasteiger partial charge is 0.341 e. The number of hydrogen-bond acceptors (Lipinski definition) is 5. The molecule has 0 spiro atoms. The Morgan fingerprint density at radius 1 is 1.30 bits per heavy atom. The Hall–Kier alpha value is -2.42. The molecule has 0 bridgehead atoms. The van der Waals surface area contributed by atoms with Crippen LogP contribution in [0.1, 0.15) is 31.2 Å². The first-order valence-corrected chi connectivity index (χ1v) is 10.3. The van der Waals surface area contributed by atoms with Gasteiger partial charge in [-0.15, -0.1) is 0 Å². The van der Waals surface area contributed by atoms with Gasteiger partial charge < -0.3 is 9.84 Å². The number of carboxylic acid groups (broad SMARTS) is 1. The van der Waals surface area contributed by atoms with Crippen LogP contribution >= 0.6 is 39.1 Å². The molecule has 0 atom stereocenters. The monoisotopic (exact) mass is 511 g/mol. The molecular weight excluding hydrogens is 497 g/mol. The first kappa shape index (κ1) is 22.3. The fraction of sp³-hybridized carbons (Fsp3) is 0.200. The van der Waals surface area contributed by atoms with Crippen LogP contribution in [-0.4, -0.2) is 33.6 Å². The molecule has 3 aromatic rings. The number of ether oxygens (including phenoxy) is 1. The van der Waals surface area contributed by atoms with E-state index in [4.69, 9.17) is 33.0 Å². The molecule has 3 rings (SSSR count). The van der Waals surface area contributed by atoms with Crippen molar-refractivity contribution in [2.24, 2.45) is 5.10 Å². The average molecular weight is 513 g/mol. The second-order valence-electron chi connectivity index (χ2n) is 6.64. The number of hydrogen-bond donors (Lipinski definition) is 1. The van der Waals surface area contributed by atoms with E-state index in [1.807, 2.05) is 19.9 Å². The van der Waals surface area contributed by atoms with Gasteiger partial charge in [-0.1, -0.05) is 53.0 Å². The van der Waals surface area contributed by atoms with E-state index in [2.05, 4.69) is 26.0 Å². The number of fused-ring (bicyclic) bond motifs is 1. The molecule has 0 radical (unpaired) electrons. The molecule has 30 heavy (non-hydrogen) atoms. The predicted molar refractivity (Wildman–Crippen MR) is 120 cm³/mol. The third-order valence-corrected chi connectivity index (χ3v) is 5.09. The fourth-order valence-electron chi connectivity index (χ4n) is 2.70. The van der Waals surface area contributed by atoms with Crippen LogP contribution in [-0.2, 0) is 4.79 Å². The molecule has 0 saturated heterocycles. The zero-order valence-electron chi connectivity index (χ0n) is 15.9. The number of aromatic nitrogens is 2. The molecular formula is C20H16BrCl2N3O4. The maximum atomic E-state index is 13.0. The van der Waals surface area contributed by atoms with Crippen molar-refractivity contribution in [2.45, 2.75) is 19.8 Å². The van der Waals surface area contributed by atoms with Gasteiger partial charge >= 0.3 is 5.97 Å². The van der Waals surface area contributed by atoms with E-state index in [1.165, 1.54) is 23.0 Å². The normalized spacial score (nSPS) is 11.5. The third kappa shape index (κ3) is 4.83. The van der Waals surface area contributed by atoms with Gasteiger partial charge in [-0.2, -0.15) is 9.78 Å². The Morgan fingerprint density at radius 3 is 2.57 bits per heavy atom. The highest BCUT2D eigenvalue weighted by Crippen LogP contribution is 2.33. The lowest BCUT2D eigenvalue weighted by Gasteiger charge is -2.12. The highest BCUT2D eigenvalue weighted by Gasteiger charge is 2.15. The minimum Gasteiger partial charge on any atom is -0.479 e. The first-order valence-electron chi connectivity index (χ1n) is 8.77. The van der Waals surface area contributed by atoms with Crippen LogP contribution in [0.3, 0.4) is 0 Å². The molecule has 2 aromatic carbocycles. The number of halogens is 3. The highest BCUT2D eigenvalue weighted by atomic mass is 79.9. The van der Waals surface area contributed by atoms with Crippen LogP contribution in [0.4, 0.5) is 0 Å². The van der Waals surface area contributed by atoms with Crippen molar-refractivity contribution in [3.05, 3.63) is 66.6 Å². The summed E-state index contributed by atoms with van der Waals surface area (Å²) in [5, 5.41) is 13.7. The van der Waals surface area contributed by atoms with E-state index in [0.29, 0.717) is 22.3 Å². The molecule has 0 aliphatic rings. The highest BCUT2D eigenvalue weighted by molar-refractivity contribution is 9.10. The second-order valence-corrected chi connectivity index (χ2v) is 8.37. The molecule has 0 aliphatic heterocycles. The summed E-state index contributed by atoms with van der Waals surface area (Å²) in [5.41, 5.74) is 0.785. The van der Waals surface area contributed by atoms with Crippen molar-refractivity contribution in [3.63, 3.8) is 0 Å². The van der Waals surface area contributed by atoms with Crippen molar-refractivity contribution in [3.8, 4) is 5.75 Å². The van der Waals surface area contributed by atoms with Gasteiger partial charge in [0, 0.05) is 10.4 Å². The Kier molecular flexibility index (Phi) is 6.80. The molecule has 0 fully saturated rings. The van der Waals surface area contributed by atoms with Gasteiger partial charge in [0.05, 0.1) is 27.2 Å². The zero-order chi connectivity index (χ0) is 22.0. The van der Waals surface area contributed by atoms with Crippen LogP contribution < -0.4 is 10.3 Å². The summed E-state index contributed by atoms with van der Waals surface area (Å²) < 4.78 is 7.11. The van der Waals surface area contributed by atoms with Crippen LogP contribution in [0.15, 0.2) is 44.7 Å². The van der Waals surface area contributed by atoms with Gasteiger partial charge in [0.15, 0.2) is 12.4 Å². The summed E-state index contributed by atoms with van der Waals surface area (Å²) in [6, 6.07) is 8.32. The first-order chi connectivity index (χ1) is 14.2. The summed E-state index contributed by atoms with van der Waals surface area (Å²) >= 11 is 15.7. The summed E-state index contributed by atoms with van der Waals surface area (Å²) in [4.78, 5) is 28.3. The van der Waals surface area contributed by atoms with Crippen molar-refractivity contribution in [1.29, 1.82) is 0 Å². The summed E-state index contributed by atoms with van der Waals surface area (Å²) in [7, 11) is 0. The van der Waals surface area contributed by atoms with Gasteiger partial charge in [0.2, 0.25) is 0 Å². The minimum atomic E-state index is -1.15. The molecule has 1 N–H and O–H groups in total. The predicted octanol–water partition coefficient (Wildman–Crippen LogP) is 4.93. The molecule has 0 amide bonds. The standard InChI is InChI=1S/C20H16BrCl2N3O4/c1-10(2)19-25-16-4-3-12(21)7-13(16)20(29)26(19)24-8-11-5-14(22)18(15(23)6-11)30-9-17(27)28/h3-8,10H,9H2,1-2H3,(H,27,28). The topological polar surface area (TPSA) is 93.8 Å². The van der Waals surface area contributed by atoms with E-state index in [0.717, 1.165) is 4.47 Å². The van der Waals surface area contributed by atoms with E-state index >= 15 is 0 Å². The largest absolute Gasteiger partial charge is 0.479 e. The van der Waals surface area contributed by atoms with E-state index in [1.54, 1.807) is 12.1 Å². The van der Waals surface area contributed by atoms with E-state index < -0.39 is 12.6 Å². The lowest BCUT2D eigenvalue weighted by molar-refractivity contribution is -0.139. The molecule has 1 aromatic heterocycles. The van der Waals surface area contributed by atoms with Crippen LogP contribution in [0.2, 0.25) is 10.0 Å². The SMILES string of the molecule is CC(C)c1nc2ccc(Br)cc2c(=O)n1N=Cc1cc(Cl)c(OCC(=O)O)c(Cl)c1. The maximum absolute atomic E-state index is 13.0. The summed E-state index contributed by atoms with van der Waals surface area (Å²) in [5.74, 6) is -0.634. The van der Waals surface area contributed by atoms with E-state index in [-0.39, 0.29) is 27.3 Å². The van der Waals surface area contributed by atoms with Gasteiger partial charge in [-0.3, -0.25) is 4.79 Å². The van der Waals surface area contributed by atoms with E-state index in [9.17, 15) is 9.59 Å². The molecule has 10 heteroatoms. The molecule has 156 valence electrons. The van der Waals surface area contributed by atoms with Crippen LogP contribution in [0.5, 0.6) is 5.75 Å². The zero-order valence-corrected chi connectivity index (χ0v) is 19.0. The molecule has 7 nitrogen and oxygen atoms in total. The Labute approximate surface area is 190 Å². The lowest BCUT2D eigenvalue weighted by Crippen LogP contribution is -2.23. The van der Waals surface area contributed by atoms with Crippen molar-refractivity contribution < 1.29 is 14.6 Å². The molecule has 1 heterocycles. The van der Waals surface area contributed by atoms with Gasteiger partial charge in [0.1, 0.15) is 5.82 Å². The van der Waals surface area contributed by atoms with Crippen LogP contribution in [0, 0.1) is 0 Å². The summed E-state index contributed by atoms with van der Waals surface area (Å²) in [6.07, 6.45) is 1.43. The number of carboxylic acids is 1. The van der Waals surface area contributed by atoms with Gasteiger partial charge in [0.25, 0.3) is 5.56 Å².